The molecule has 0 spiro atoms. The number of unbranched alkanes of at least 4 members (excludes halogenated alkanes) is 2. The Hall–Kier alpha value is -9.16. The first-order chi connectivity index (χ1) is 49.5. The number of benzene rings is 4. The average molecular weight is 1460 g/mol. The van der Waals surface area contributed by atoms with Crippen molar-refractivity contribution in [2.45, 2.75) is 217 Å². The molecule has 1 saturated heterocycles. The van der Waals surface area contributed by atoms with Crippen molar-refractivity contribution in [1.29, 1.82) is 0 Å². The number of nitrogens with zero attached hydrogens (tertiary/aromatic N) is 2. The van der Waals surface area contributed by atoms with Crippen LogP contribution in [0, 0.1) is 35.5 Å². The molecule has 0 radical (unpaired) electrons. The predicted octanol–water partition coefficient (Wildman–Crippen LogP) is 11.0. The highest BCUT2D eigenvalue weighted by Gasteiger charge is 2.33. The van der Waals surface area contributed by atoms with E-state index in [2.05, 4.69) is 66.0 Å². The number of nitrogens with one attached hydrogen (secondary N) is 6. The fourth-order valence-electron chi connectivity index (χ4n) is 10.5. The molecule has 1 heterocycles. The monoisotopic (exact) mass is 1460 g/mol. The molecule has 0 saturated carbocycles. The number of hydrogen-bond acceptors (Lipinski definition) is 18. The smallest absolute Gasteiger partial charge is 0.408 e. The van der Waals surface area contributed by atoms with Gasteiger partial charge in [-0.1, -0.05) is 174 Å². The third-order valence-electron chi connectivity index (χ3n) is 17.1. The maximum atomic E-state index is 13.2. The van der Waals surface area contributed by atoms with E-state index in [-0.39, 0.29) is 115 Å². The van der Waals surface area contributed by atoms with Gasteiger partial charge in [0.25, 0.3) is 5.91 Å². The Morgan fingerprint density at radius 3 is 1.19 bits per heavy atom. The second kappa shape index (κ2) is 47.3. The molecule has 5 rings (SSSR count). The average Bonchev–Trinajstić information content (AvgIpc) is 0.828. The minimum absolute atomic E-state index is 0.0256. The molecule has 8 N–H and O–H groups in total. The topological polar surface area (TPSA) is 337 Å². The molecule has 0 bridgehead atoms. The second-order valence-electron chi connectivity index (χ2n) is 29.4. The molecule has 1 aliphatic rings. The lowest BCUT2D eigenvalue weighted by Gasteiger charge is -2.36. The molecule has 0 aromatic heterocycles. The van der Waals surface area contributed by atoms with E-state index in [9.17, 15) is 57.5 Å². The van der Waals surface area contributed by atoms with Crippen molar-refractivity contribution >= 4 is 76.4 Å². The summed E-state index contributed by atoms with van der Waals surface area (Å²) in [5, 5.41) is 16.0. The molecule has 578 valence electrons. The van der Waals surface area contributed by atoms with Crippen LogP contribution in [0.1, 0.15) is 189 Å². The number of Topliss-reactive ketones (excluding diaryl/α,β-unsaturated/α-hetero) is 6. The van der Waals surface area contributed by atoms with Crippen LogP contribution in [-0.2, 0) is 72.3 Å². The Kier molecular flexibility index (Phi) is 40.6. The lowest BCUT2D eigenvalue weighted by molar-refractivity contribution is -0.133. The van der Waals surface area contributed by atoms with E-state index < -0.39 is 65.9 Å². The van der Waals surface area contributed by atoms with E-state index in [1.165, 1.54) is 5.56 Å². The van der Waals surface area contributed by atoms with Crippen LogP contribution in [0.3, 0.4) is 0 Å². The van der Waals surface area contributed by atoms with Crippen LogP contribution in [0.15, 0.2) is 115 Å². The lowest BCUT2D eigenvalue weighted by Crippen LogP contribution is -2.53. The quantitative estimate of drug-likeness (QED) is 0.0161. The van der Waals surface area contributed by atoms with Gasteiger partial charge in [-0.15, -0.1) is 0 Å². The standard InChI is InChI=1S/C29H45N3O7.C28H37N3O3.C24H37N3O5/c1-19(2)24(33)17-23(25(34)20(3)4)31-26(35)22(32-28(37)39-29(5,6)7)15-11-12-16-30-27(36)38-18-21-13-9-8-10-14-21;1-20(2)26(32)18-25(27(33)21(3)4)29-28(34)23-10-12-24(13-11-23)31-16-14-30(15-17-31)19-22-8-6-5-7-9-22;1-16(2)21(28)14-20(22(29)17(3)4)27-23(30)19(25)12-8-9-13-26-24(31)32-15-18-10-6-5-7-11-18/h8-10,13-14,19-20,22-23H,11-12,15-18H2,1-7H3,(H,30,36)(H,31,35)(H,32,37);5-13,20-21,25H,14-19H2,1-4H3,(H,29,34);5-7,10-11,16-17,19-20H,8-9,12-15,25H2,1-4H3,(H,26,31)(H,27,30). The van der Waals surface area contributed by atoms with E-state index in [0.29, 0.717) is 50.8 Å². The minimum Gasteiger partial charge on any atom is -0.445 e. The Balaban J connectivity index is 0.000000411. The van der Waals surface area contributed by atoms with E-state index in [0.717, 1.165) is 49.5 Å². The van der Waals surface area contributed by atoms with Crippen molar-refractivity contribution in [2.75, 3.05) is 44.2 Å². The predicted molar refractivity (Wildman–Crippen MR) is 407 cm³/mol. The molecule has 5 unspecified atom stereocenters. The number of ether oxygens (including phenoxy) is 3. The van der Waals surface area contributed by atoms with Crippen molar-refractivity contribution < 1.29 is 71.7 Å². The first-order valence-corrected chi connectivity index (χ1v) is 36.9. The molecule has 5 atom stereocenters. The highest BCUT2D eigenvalue weighted by molar-refractivity contribution is 6.01. The summed E-state index contributed by atoms with van der Waals surface area (Å²) in [5.74, 6) is -3.78. The van der Waals surface area contributed by atoms with Gasteiger partial charge in [0.05, 0.1) is 24.2 Å². The summed E-state index contributed by atoms with van der Waals surface area (Å²) in [7, 11) is 0. The summed E-state index contributed by atoms with van der Waals surface area (Å²) >= 11 is 0. The highest BCUT2D eigenvalue weighted by atomic mass is 16.6. The fourth-order valence-corrected chi connectivity index (χ4v) is 10.5. The zero-order chi connectivity index (χ0) is 78.3. The number of rotatable bonds is 39. The van der Waals surface area contributed by atoms with Crippen molar-refractivity contribution in [2.24, 2.45) is 41.2 Å². The molecule has 0 aliphatic carbocycles. The van der Waals surface area contributed by atoms with Gasteiger partial charge in [-0.05, 0) is 100 Å². The van der Waals surface area contributed by atoms with E-state index in [1.54, 1.807) is 116 Å². The molecule has 24 heteroatoms. The first kappa shape index (κ1) is 90.1. The molecule has 24 nitrogen and oxygen atoms in total. The highest BCUT2D eigenvalue weighted by Crippen LogP contribution is 2.21. The Morgan fingerprint density at radius 1 is 0.419 bits per heavy atom. The van der Waals surface area contributed by atoms with Crippen LogP contribution in [0.25, 0.3) is 0 Å². The van der Waals surface area contributed by atoms with Gasteiger partial charge >= 0.3 is 18.3 Å². The minimum atomic E-state index is -0.999. The van der Waals surface area contributed by atoms with Crippen molar-refractivity contribution in [3.05, 3.63) is 138 Å². The van der Waals surface area contributed by atoms with Crippen LogP contribution in [-0.4, -0.2) is 151 Å². The zero-order valence-electron chi connectivity index (χ0n) is 64.6. The van der Waals surface area contributed by atoms with Crippen LogP contribution < -0.4 is 42.5 Å². The second-order valence-corrected chi connectivity index (χ2v) is 29.4. The molecule has 1 fully saturated rings. The number of alkyl carbamates (subject to hydrolysis) is 3. The third kappa shape index (κ3) is 36.4. The summed E-state index contributed by atoms with van der Waals surface area (Å²) in [6, 6.07) is 32.3. The van der Waals surface area contributed by atoms with Gasteiger partial charge in [-0.2, -0.15) is 0 Å². The first-order valence-electron chi connectivity index (χ1n) is 36.9. The van der Waals surface area contributed by atoms with Crippen LogP contribution >= 0.6 is 0 Å². The summed E-state index contributed by atoms with van der Waals surface area (Å²) in [6.07, 6.45) is 0.924. The summed E-state index contributed by atoms with van der Waals surface area (Å²) in [6.45, 7) is 32.1. The maximum Gasteiger partial charge on any atom is 0.408 e. The number of hydrogen-bond donors (Lipinski definition) is 7. The van der Waals surface area contributed by atoms with Gasteiger partial charge in [0.1, 0.15) is 42.2 Å². The van der Waals surface area contributed by atoms with Crippen LogP contribution in [0.4, 0.5) is 20.1 Å². The SMILES string of the molecule is CC(C)C(=O)CC(NC(=O)C(CCCCNC(=O)OCc1ccccc1)NC(=O)OC(C)(C)C)C(=O)C(C)C.CC(C)C(=O)CC(NC(=O)C(N)CCCCNC(=O)OCc1ccccc1)C(=O)C(C)C.CC(C)C(=O)CC(NC(=O)c1ccc(N2CCN(Cc3ccccc3)CC2)cc1)C(=O)C(C)C. The number of carbonyl (C=O) groups excluding carboxylic acids is 12. The van der Waals surface area contributed by atoms with Crippen LogP contribution in [0.2, 0.25) is 0 Å². The van der Waals surface area contributed by atoms with Crippen molar-refractivity contribution in [1.82, 2.24) is 36.8 Å². The molecule has 105 heavy (non-hydrogen) atoms. The molecule has 1 aliphatic heterocycles. The largest absolute Gasteiger partial charge is 0.445 e. The van der Waals surface area contributed by atoms with Crippen molar-refractivity contribution in [3.8, 4) is 0 Å². The van der Waals surface area contributed by atoms with Gasteiger partial charge in [-0.25, -0.2) is 14.4 Å². The summed E-state index contributed by atoms with van der Waals surface area (Å²) < 4.78 is 15.6. The Labute approximate surface area is 622 Å². The number of ketones is 6. The van der Waals surface area contributed by atoms with Gasteiger partial charge in [0.15, 0.2) is 17.3 Å². The Bertz CT molecular complexity index is 3370. The van der Waals surface area contributed by atoms with Gasteiger partial charge in [-0.3, -0.25) is 48.1 Å². The molecular weight excluding hydrogens is 1340 g/mol. The van der Waals surface area contributed by atoms with E-state index in [1.807, 2.05) is 78.9 Å². The summed E-state index contributed by atoms with van der Waals surface area (Å²) in [4.78, 5) is 154. The Morgan fingerprint density at radius 2 is 0.800 bits per heavy atom. The number of amides is 6. The lowest BCUT2D eigenvalue weighted by atomic mass is 9.93. The number of carbonyl (C=O) groups is 12. The normalized spacial score (nSPS) is 13.7. The fraction of sp³-hybridized carbons (Fsp3) is 0.556. The van der Waals surface area contributed by atoms with E-state index >= 15 is 0 Å². The number of anilines is 1. The van der Waals surface area contributed by atoms with Gasteiger partial charge in [0.2, 0.25) is 11.8 Å². The molecule has 4 aromatic carbocycles. The number of nitrogens with two attached hydrogens (primary N) is 1. The maximum absolute atomic E-state index is 13.2. The zero-order valence-corrected chi connectivity index (χ0v) is 64.6. The molecular formula is C81H119N9O15. The molecule has 4 aromatic rings. The van der Waals surface area contributed by atoms with Crippen LogP contribution in [0.5, 0.6) is 0 Å². The third-order valence-corrected chi connectivity index (χ3v) is 17.1. The molecule has 6 amide bonds. The van der Waals surface area contributed by atoms with Crippen molar-refractivity contribution in [3.63, 3.8) is 0 Å². The van der Waals surface area contributed by atoms with Gasteiger partial charge < -0.3 is 56.7 Å². The van der Waals surface area contributed by atoms with Gasteiger partial charge in [0, 0.05) is 112 Å². The number of piperazine rings is 1. The summed E-state index contributed by atoms with van der Waals surface area (Å²) in [5.41, 5.74) is 9.88. The van der Waals surface area contributed by atoms with E-state index in [4.69, 9.17) is 19.9 Å².